The van der Waals surface area contributed by atoms with Crippen LogP contribution in [-0.4, -0.2) is 0 Å². The molecule has 2 heteroatoms. The molecule has 0 radical (unpaired) electrons. The molecule has 0 saturated carbocycles. The first-order valence-electron chi connectivity index (χ1n) is 4.53. The topological polar surface area (TPSA) is 26.9 Å². The first-order valence-corrected chi connectivity index (χ1v) is 4.53. The lowest BCUT2D eigenvalue weighted by Crippen LogP contribution is -2.29. The van der Waals surface area contributed by atoms with E-state index >= 15 is 0 Å². The zero-order valence-electron chi connectivity index (χ0n) is 7.97. The van der Waals surface area contributed by atoms with E-state index in [4.69, 9.17) is 0 Å². The highest BCUT2D eigenvalue weighted by Crippen LogP contribution is 2.19. The number of hydrogen-bond acceptors (Lipinski definition) is 1. The van der Waals surface area contributed by atoms with Gasteiger partial charge in [0.15, 0.2) is 11.9 Å². The molecule has 2 aromatic rings. The van der Waals surface area contributed by atoms with Gasteiger partial charge in [-0.1, -0.05) is 30.3 Å². The van der Waals surface area contributed by atoms with E-state index in [9.17, 15) is 5.21 Å². The SMILES string of the molecule is Cc1c(-c2ccccc2)ccc[n+]1[O-]. The standard InChI is InChI=1S/C12H11NO/c1-10-12(8-5-9-13(10)14)11-6-3-2-4-7-11/h2-9H,1H3. The quantitative estimate of drug-likeness (QED) is 0.494. The molecular weight excluding hydrogens is 174 g/mol. The van der Waals surface area contributed by atoms with E-state index in [1.165, 1.54) is 6.20 Å². The Morgan fingerprint density at radius 1 is 1.00 bits per heavy atom. The second kappa shape index (κ2) is 3.50. The molecule has 0 bridgehead atoms. The monoisotopic (exact) mass is 185 g/mol. The Hall–Kier alpha value is -1.83. The molecule has 1 aromatic carbocycles. The molecule has 0 amide bonds. The zero-order chi connectivity index (χ0) is 9.97. The van der Waals surface area contributed by atoms with Crippen LogP contribution in [-0.2, 0) is 0 Å². The lowest BCUT2D eigenvalue weighted by Gasteiger charge is -2.05. The molecule has 0 spiro atoms. The summed E-state index contributed by atoms with van der Waals surface area (Å²) >= 11 is 0. The van der Waals surface area contributed by atoms with Gasteiger partial charge in [-0.15, -0.1) is 0 Å². The molecule has 0 atom stereocenters. The number of rotatable bonds is 1. The minimum absolute atomic E-state index is 0.735. The van der Waals surface area contributed by atoms with Gasteiger partial charge in [0.2, 0.25) is 0 Å². The fraction of sp³-hybridized carbons (Fsp3) is 0.0833. The summed E-state index contributed by atoms with van der Waals surface area (Å²) in [5, 5.41) is 11.3. The van der Waals surface area contributed by atoms with Crippen LogP contribution in [0.25, 0.3) is 11.1 Å². The summed E-state index contributed by atoms with van der Waals surface area (Å²) in [5.41, 5.74) is 2.80. The van der Waals surface area contributed by atoms with Gasteiger partial charge < -0.3 is 5.21 Å². The summed E-state index contributed by atoms with van der Waals surface area (Å²) < 4.78 is 0.891. The molecule has 1 heterocycles. The predicted octanol–water partition coefficient (Wildman–Crippen LogP) is 2.30. The van der Waals surface area contributed by atoms with Gasteiger partial charge in [0.05, 0.1) is 0 Å². The maximum Gasteiger partial charge on any atom is 0.197 e. The van der Waals surface area contributed by atoms with Crippen molar-refractivity contribution in [1.29, 1.82) is 0 Å². The van der Waals surface area contributed by atoms with E-state index < -0.39 is 0 Å². The van der Waals surface area contributed by atoms with Gasteiger partial charge in [-0.2, -0.15) is 4.73 Å². The van der Waals surface area contributed by atoms with Crippen molar-refractivity contribution in [3.8, 4) is 11.1 Å². The summed E-state index contributed by atoms with van der Waals surface area (Å²) in [6.07, 6.45) is 1.52. The Bertz CT molecular complexity index is 437. The molecule has 14 heavy (non-hydrogen) atoms. The molecular formula is C12H11NO. The van der Waals surface area contributed by atoms with Crippen molar-refractivity contribution in [2.24, 2.45) is 0 Å². The van der Waals surface area contributed by atoms with Crippen molar-refractivity contribution in [2.45, 2.75) is 6.92 Å². The third-order valence-corrected chi connectivity index (χ3v) is 2.29. The summed E-state index contributed by atoms with van der Waals surface area (Å²) in [6, 6.07) is 13.6. The molecule has 0 fully saturated rings. The average Bonchev–Trinajstić information content (AvgIpc) is 2.23. The molecule has 0 unspecified atom stereocenters. The van der Waals surface area contributed by atoms with Crippen LogP contribution in [0.5, 0.6) is 0 Å². The number of nitrogens with zero attached hydrogens (tertiary/aromatic N) is 1. The minimum Gasteiger partial charge on any atom is -0.618 e. The van der Waals surface area contributed by atoms with Gasteiger partial charge in [-0.25, -0.2) is 0 Å². The smallest absolute Gasteiger partial charge is 0.197 e. The molecule has 0 aliphatic carbocycles. The van der Waals surface area contributed by atoms with Crippen LogP contribution >= 0.6 is 0 Å². The van der Waals surface area contributed by atoms with Crippen LogP contribution in [0.15, 0.2) is 48.7 Å². The first-order chi connectivity index (χ1) is 6.79. The van der Waals surface area contributed by atoms with E-state index in [0.29, 0.717) is 0 Å². The summed E-state index contributed by atoms with van der Waals surface area (Å²) in [4.78, 5) is 0. The van der Waals surface area contributed by atoms with Gasteiger partial charge in [0.1, 0.15) is 0 Å². The number of benzene rings is 1. The van der Waals surface area contributed by atoms with Crippen LogP contribution in [0.4, 0.5) is 0 Å². The normalized spacial score (nSPS) is 10.1. The predicted molar refractivity (Wildman–Crippen MR) is 55.6 cm³/mol. The molecule has 0 aliphatic rings. The highest BCUT2D eigenvalue weighted by molar-refractivity contribution is 5.64. The van der Waals surface area contributed by atoms with Crippen LogP contribution < -0.4 is 4.73 Å². The highest BCUT2D eigenvalue weighted by atomic mass is 16.5. The zero-order valence-corrected chi connectivity index (χ0v) is 7.97. The molecule has 0 N–H and O–H groups in total. The average molecular weight is 185 g/mol. The van der Waals surface area contributed by atoms with Crippen molar-refractivity contribution in [2.75, 3.05) is 0 Å². The van der Waals surface area contributed by atoms with Gasteiger partial charge >= 0.3 is 0 Å². The van der Waals surface area contributed by atoms with E-state index in [1.807, 2.05) is 43.3 Å². The Labute approximate surface area is 83.0 Å². The molecule has 2 rings (SSSR count). The third-order valence-electron chi connectivity index (χ3n) is 2.29. The largest absolute Gasteiger partial charge is 0.618 e. The Balaban J connectivity index is 2.58. The van der Waals surface area contributed by atoms with Crippen molar-refractivity contribution in [3.63, 3.8) is 0 Å². The van der Waals surface area contributed by atoms with Crippen LogP contribution in [0.1, 0.15) is 5.69 Å². The van der Waals surface area contributed by atoms with Crippen molar-refractivity contribution in [1.82, 2.24) is 0 Å². The second-order valence-electron chi connectivity index (χ2n) is 3.20. The maximum atomic E-state index is 11.3. The Morgan fingerprint density at radius 2 is 1.71 bits per heavy atom. The van der Waals surface area contributed by atoms with E-state index in [-0.39, 0.29) is 0 Å². The fourth-order valence-corrected chi connectivity index (χ4v) is 1.49. The van der Waals surface area contributed by atoms with Gasteiger partial charge in [-0.3, -0.25) is 0 Å². The van der Waals surface area contributed by atoms with Crippen molar-refractivity contribution >= 4 is 0 Å². The lowest BCUT2D eigenvalue weighted by molar-refractivity contribution is -0.611. The molecule has 2 nitrogen and oxygen atoms in total. The third kappa shape index (κ3) is 1.46. The van der Waals surface area contributed by atoms with Crippen LogP contribution in [0, 0.1) is 12.1 Å². The number of pyridine rings is 1. The number of hydrogen-bond donors (Lipinski definition) is 0. The summed E-state index contributed by atoms with van der Waals surface area (Å²) in [6.45, 7) is 1.83. The second-order valence-corrected chi connectivity index (χ2v) is 3.20. The first kappa shape index (κ1) is 8.75. The van der Waals surface area contributed by atoms with Crippen LogP contribution in [0.3, 0.4) is 0 Å². The molecule has 1 aromatic heterocycles. The van der Waals surface area contributed by atoms with E-state index in [0.717, 1.165) is 21.6 Å². The molecule has 0 aliphatic heterocycles. The van der Waals surface area contributed by atoms with E-state index in [1.54, 1.807) is 6.07 Å². The van der Waals surface area contributed by atoms with E-state index in [2.05, 4.69) is 0 Å². The van der Waals surface area contributed by atoms with Crippen LogP contribution in [0.2, 0.25) is 0 Å². The summed E-state index contributed by atoms with van der Waals surface area (Å²) in [7, 11) is 0. The molecule has 0 saturated heterocycles. The van der Waals surface area contributed by atoms with Gasteiger partial charge in [0, 0.05) is 18.6 Å². The van der Waals surface area contributed by atoms with Crippen molar-refractivity contribution in [3.05, 3.63) is 59.6 Å². The van der Waals surface area contributed by atoms with Gasteiger partial charge in [0.25, 0.3) is 0 Å². The fourth-order valence-electron chi connectivity index (χ4n) is 1.49. The van der Waals surface area contributed by atoms with Gasteiger partial charge in [-0.05, 0) is 11.6 Å². The summed E-state index contributed by atoms with van der Waals surface area (Å²) in [5.74, 6) is 0. The maximum absolute atomic E-state index is 11.3. The highest BCUT2D eigenvalue weighted by Gasteiger charge is 2.07. The minimum atomic E-state index is 0.735. The molecule has 70 valence electrons. The Morgan fingerprint density at radius 3 is 2.43 bits per heavy atom. The lowest BCUT2D eigenvalue weighted by atomic mass is 10.1. The number of aromatic nitrogens is 1. The van der Waals surface area contributed by atoms with Crippen molar-refractivity contribution < 1.29 is 4.73 Å². The Kier molecular flexibility index (Phi) is 2.19.